The molecule has 8 heteroatoms. The third kappa shape index (κ3) is 4.04. The number of carbonyl (C=O) groups is 2. The quantitative estimate of drug-likeness (QED) is 0.186. The van der Waals surface area contributed by atoms with Crippen molar-refractivity contribution < 1.29 is 19.2 Å². The second-order valence-corrected chi connectivity index (χ2v) is 7.16. The summed E-state index contributed by atoms with van der Waals surface area (Å²) in [5.41, 5.74) is 0.758. The molecular weight excluding hydrogens is 420 g/mol. The molecule has 0 fully saturated rings. The number of aromatic nitrogens is 1. The lowest BCUT2D eigenvalue weighted by Gasteiger charge is -2.17. The summed E-state index contributed by atoms with van der Waals surface area (Å²) in [7, 11) is 0. The van der Waals surface area contributed by atoms with Crippen molar-refractivity contribution in [1.29, 1.82) is 0 Å². The van der Waals surface area contributed by atoms with Crippen molar-refractivity contribution in [2.45, 2.75) is 6.10 Å². The summed E-state index contributed by atoms with van der Waals surface area (Å²) >= 11 is 5.93. The third-order valence-corrected chi connectivity index (χ3v) is 5.03. The van der Waals surface area contributed by atoms with Crippen LogP contribution in [0.4, 0.5) is 5.69 Å². The zero-order valence-electron chi connectivity index (χ0n) is 15.9. The highest BCUT2D eigenvalue weighted by molar-refractivity contribution is 6.31. The number of ether oxygens (including phenoxy) is 1. The highest BCUT2D eigenvalue weighted by atomic mass is 35.5. The Hall–Kier alpha value is -3.97. The lowest BCUT2D eigenvalue weighted by Crippen LogP contribution is -2.21. The van der Waals surface area contributed by atoms with Crippen LogP contribution in [0.2, 0.25) is 5.02 Å². The number of carbonyl (C=O) groups excluding carboxylic acids is 2. The minimum Gasteiger partial charge on any atom is -0.445 e. The molecule has 1 heterocycles. The van der Waals surface area contributed by atoms with E-state index in [9.17, 15) is 19.7 Å². The van der Waals surface area contributed by atoms with Gasteiger partial charge in [0.15, 0.2) is 6.10 Å². The number of nitrogens with zero attached hydrogens (tertiary/aromatic N) is 1. The molecule has 0 spiro atoms. The number of H-pyrrole nitrogens is 1. The lowest BCUT2D eigenvalue weighted by atomic mass is 9.99. The molecule has 0 aliphatic rings. The number of hydrogen-bond acceptors (Lipinski definition) is 5. The van der Waals surface area contributed by atoms with Crippen molar-refractivity contribution in [3.05, 3.63) is 111 Å². The molecule has 0 amide bonds. The van der Waals surface area contributed by atoms with Gasteiger partial charge in [-0.1, -0.05) is 60.1 Å². The highest BCUT2D eigenvalue weighted by Gasteiger charge is 2.31. The van der Waals surface area contributed by atoms with E-state index in [2.05, 4.69) is 4.98 Å². The fourth-order valence-corrected chi connectivity index (χ4v) is 3.49. The van der Waals surface area contributed by atoms with Gasteiger partial charge < -0.3 is 9.72 Å². The first-order valence-corrected chi connectivity index (χ1v) is 9.63. The average molecular weight is 435 g/mol. The van der Waals surface area contributed by atoms with Gasteiger partial charge in [0, 0.05) is 39.3 Å². The second-order valence-electron chi connectivity index (χ2n) is 6.73. The van der Waals surface area contributed by atoms with Crippen LogP contribution in [-0.4, -0.2) is 21.7 Å². The maximum Gasteiger partial charge on any atom is 0.346 e. The number of benzene rings is 3. The van der Waals surface area contributed by atoms with E-state index in [4.69, 9.17) is 16.3 Å². The van der Waals surface area contributed by atoms with E-state index >= 15 is 0 Å². The fourth-order valence-electron chi connectivity index (χ4n) is 3.32. The Morgan fingerprint density at radius 2 is 1.68 bits per heavy atom. The van der Waals surface area contributed by atoms with Crippen molar-refractivity contribution in [3.8, 4) is 0 Å². The number of para-hydroxylation sites is 1. The van der Waals surface area contributed by atoms with Crippen molar-refractivity contribution in [2.75, 3.05) is 0 Å². The predicted octanol–water partition coefficient (Wildman–Crippen LogP) is 5.51. The summed E-state index contributed by atoms with van der Waals surface area (Å²) in [4.78, 5) is 40.0. The largest absolute Gasteiger partial charge is 0.445 e. The van der Waals surface area contributed by atoms with Crippen LogP contribution in [0.5, 0.6) is 0 Å². The summed E-state index contributed by atoms with van der Waals surface area (Å²) < 4.78 is 5.54. The molecule has 1 unspecified atom stereocenters. The van der Waals surface area contributed by atoms with Gasteiger partial charge >= 0.3 is 5.97 Å². The van der Waals surface area contributed by atoms with Crippen LogP contribution in [0.1, 0.15) is 32.4 Å². The topological polar surface area (TPSA) is 102 Å². The molecule has 1 aromatic heterocycles. The predicted molar refractivity (Wildman–Crippen MR) is 115 cm³/mol. The van der Waals surface area contributed by atoms with Crippen LogP contribution in [0, 0.1) is 10.1 Å². The minimum absolute atomic E-state index is 0.136. The molecule has 0 bridgehead atoms. The van der Waals surface area contributed by atoms with Crippen LogP contribution in [0.25, 0.3) is 10.9 Å². The monoisotopic (exact) mass is 434 g/mol. The molecule has 4 aromatic rings. The van der Waals surface area contributed by atoms with Crippen molar-refractivity contribution in [3.63, 3.8) is 0 Å². The van der Waals surface area contributed by atoms with Gasteiger partial charge in [0.25, 0.3) is 5.69 Å². The van der Waals surface area contributed by atoms with E-state index in [0.717, 1.165) is 17.6 Å². The van der Waals surface area contributed by atoms with Gasteiger partial charge in [-0.2, -0.15) is 0 Å². The van der Waals surface area contributed by atoms with E-state index in [0.29, 0.717) is 16.5 Å². The number of nitro groups is 1. The van der Waals surface area contributed by atoms with Gasteiger partial charge in [0.1, 0.15) is 5.56 Å². The molecule has 4 rings (SSSR count). The molecule has 1 atom stereocenters. The van der Waals surface area contributed by atoms with Crippen molar-refractivity contribution in [2.24, 2.45) is 0 Å². The smallest absolute Gasteiger partial charge is 0.346 e. The van der Waals surface area contributed by atoms with Gasteiger partial charge in [-0.05, 0) is 18.2 Å². The molecule has 0 saturated heterocycles. The minimum atomic E-state index is -1.30. The van der Waals surface area contributed by atoms with Crippen LogP contribution < -0.4 is 0 Å². The number of nitro benzene ring substituents is 1. The summed E-state index contributed by atoms with van der Waals surface area (Å²) in [6, 6.07) is 19.3. The first-order chi connectivity index (χ1) is 15.0. The third-order valence-electron chi connectivity index (χ3n) is 4.80. The number of Topliss-reactive ketones (excluding diaryl/α,β-unsaturated/α-hetero) is 1. The average Bonchev–Trinajstić information content (AvgIpc) is 3.21. The molecule has 0 saturated carbocycles. The molecular formula is C23H15ClN2O5. The van der Waals surface area contributed by atoms with Crippen LogP contribution in [-0.2, 0) is 4.74 Å². The number of esters is 1. The van der Waals surface area contributed by atoms with Crippen molar-refractivity contribution >= 4 is 39.9 Å². The molecule has 31 heavy (non-hydrogen) atoms. The van der Waals surface area contributed by atoms with Crippen LogP contribution in [0.15, 0.2) is 79.0 Å². The Kier molecular flexibility index (Phi) is 5.51. The van der Waals surface area contributed by atoms with E-state index in [1.165, 1.54) is 6.07 Å². The maximum absolute atomic E-state index is 13.4. The number of halogens is 1. The summed E-state index contributed by atoms with van der Waals surface area (Å²) in [5.74, 6) is -1.47. The number of fused-ring (bicyclic) bond motifs is 1. The van der Waals surface area contributed by atoms with E-state index < -0.39 is 28.5 Å². The van der Waals surface area contributed by atoms with E-state index in [1.54, 1.807) is 48.7 Å². The zero-order valence-corrected chi connectivity index (χ0v) is 16.7. The number of ketones is 1. The van der Waals surface area contributed by atoms with Crippen LogP contribution in [0.3, 0.4) is 0 Å². The number of nitrogens with one attached hydrogen (secondary N) is 1. The summed E-state index contributed by atoms with van der Waals surface area (Å²) in [6.07, 6.45) is 0.255. The van der Waals surface area contributed by atoms with Crippen LogP contribution >= 0.6 is 11.6 Å². The van der Waals surface area contributed by atoms with Gasteiger partial charge in [0.2, 0.25) is 5.78 Å². The molecule has 0 aliphatic heterocycles. The van der Waals surface area contributed by atoms with Gasteiger partial charge in [-0.15, -0.1) is 0 Å². The first-order valence-electron chi connectivity index (χ1n) is 9.26. The SMILES string of the molecule is O=C(OC(C(=O)c1c[nH]c2ccccc12)c1ccccc1)c1cc(Cl)ccc1[N+](=O)[O-]. The Labute approximate surface area is 181 Å². The number of hydrogen-bond donors (Lipinski definition) is 1. The highest BCUT2D eigenvalue weighted by Crippen LogP contribution is 2.30. The fraction of sp³-hybridized carbons (Fsp3) is 0.0435. The van der Waals surface area contributed by atoms with Gasteiger partial charge in [0.05, 0.1) is 4.92 Å². The Balaban J connectivity index is 1.75. The summed E-state index contributed by atoms with van der Waals surface area (Å²) in [5, 5.41) is 12.2. The molecule has 7 nitrogen and oxygen atoms in total. The zero-order chi connectivity index (χ0) is 22.0. The Morgan fingerprint density at radius 1 is 0.968 bits per heavy atom. The van der Waals surface area contributed by atoms with Gasteiger partial charge in [-0.25, -0.2) is 4.79 Å². The Morgan fingerprint density at radius 3 is 2.42 bits per heavy atom. The molecule has 3 aromatic carbocycles. The van der Waals surface area contributed by atoms with Gasteiger partial charge in [-0.3, -0.25) is 14.9 Å². The van der Waals surface area contributed by atoms with E-state index in [1.807, 2.05) is 12.1 Å². The standard InChI is InChI=1S/C23H15ClN2O5/c24-15-10-11-20(26(29)30)17(12-15)23(28)31-22(14-6-2-1-3-7-14)21(27)18-13-25-19-9-5-4-8-16(18)19/h1-13,22,25H. The molecule has 0 aliphatic carbocycles. The maximum atomic E-state index is 13.4. The molecule has 154 valence electrons. The lowest BCUT2D eigenvalue weighted by molar-refractivity contribution is -0.385. The summed E-state index contributed by atoms with van der Waals surface area (Å²) in [6.45, 7) is 0. The normalized spacial score (nSPS) is 11.8. The number of rotatable bonds is 6. The molecule has 1 N–H and O–H groups in total. The number of aromatic amines is 1. The molecule has 0 radical (unpaired) electrons. The van der Waals surface area contributed by atoms with Crippen molar-refractivity contribution in [1.82, 2.24) is 4.98 Å². The Bertz CT molecular complexity index is 1300. The first kappa shape index (κ1) is 20.3. The van der Waals surface area contributed by atoms with E-state index in [-0.39, 0.29) is 10.6 Å². The second kappa shape index (κ2) is 8.41.